The zero-order valence-electron chi connectivity index (χ0n) is 6.48. The molecule has 0 saturated heterocycles. The maximum absolute atomic E-state index is 11.6. The maximum Gasteiger partial charge on any atom is 0.178 e. The highest BCUT2D eigenvalue weighted by atomic mass is 79.9. The minimum Gasteiger partial charge on any atom is -0.293 e. The molecule has 2 rings (SSSR count). The van der Waals surface area contributed by atoms with Gasteiger partial charge in [0.15, 0.2) is 5.78 Å². The summed E-state index contributed by atoms with van der Waals surface area (Å²) < 4.78 is 0. The van der Waals surface area contributed by atoms with Gasteiger partial charge in [0.1, 0.15) is 0 Å². The summed E-state index contributed by atoms with van der Waals surface area (Å²) in [5.41, 5.74) is 1.44. The number of carbonyl (C=O) groups is 1. The van der Waals surface area contributed by atoms with Crippen molar-refractivity contribution in [3.8, 4) is 0 Å². The Hall–Kier alpha value is -0.0500. The number of rotatable bonds is 0. The Morgan fingerprint density at radius 2 is 1.92 bits per heavy atom. The average molecular weight is 280 g/mol. The largest absolute Gasteiger partial charge is 0.293 e. The van der Waals surface area contributed by atoms with Gasteiger partial charge in [-0.1, -0.05) is 39.1 Å². The fraction of sp³-hybridized carbons (Fsp3) is 0.222. The predicted molar refractivity (Wildman–Crippen MR) is 57.2 cm³/mol. The van der Waals surface area contributed by atoms with Gasteiger partial charge in [-0.25, -0.2) is 0 Å². The lowest BCUT2D eigenvalue weighted by Crippen LogP contribution is -2.06. The first-order valence-electron chi connectivity index (χ1n) is 3.76. The molecule has 0 N–H and O–H groups in total. The molecule has 4 heteroatoms. The van der Waals surface area contributed by atoms with E-state index in [0.29, 0.717) is 22.0 Å². The lowest BCUT2D eigenvalue weighted by Gasteiger charge is -2.01. The Bertz CT molecular complexity index is 389. The third-order valence-electron chi connectivity index (χ3n) is 2.12. The molecule has 68 valence electrons. The minimum atomic E-state index is -0.167. The maximum atomic E-state index is 11.6. The minimum absolute atomic E-state index is 0.0301. The van der Waals surface area contributed by atoms with E-state index < -0.39 is 0 Å². The van der Waals surface area contributed by atoms with Crippen molar-refractivity contribution in [2.45, 2.75) is 11.2 Å². The predicted octanol–water partition coefficient (Wildman–Crippen LogP) is 3.50. The lowest BCUT2D eigenvalue weighted by atomic mass is 10.1. The molecule has 0 fully saturated rings. The molecule has 1 nitrogen and oxygen atoms in total. The van der Waals surface area contributed by atoms with Gasteiger partial charge in [-0.3, -0.25) is 4.79 Å². The van der Waals surface area contributed by atoms with Crippen LogP contribution in [0.15, 0.2) is 12.1 Å². The standard InChI is InChI=1S/C9H5BrCl2O/c10-5-3-4-6(11)1-2-7(12)8(4)9(5)13/h1-2,5H,3H2. The van der Waals surface area contributed by atoms with Crippen LogP contribution in [0.1, 0.15) is 15.9 Å². The number of fused-ring (bicyclic) bond motifs is 1. The molecule has 0 spiro atoms. The summed E-state index contributed by atoms with van der Waals surface area (Å²) in [7, 11) is 0. The second-order valence-electron chi connectivity index (χ2n) is 2.92. The van der Waals surface area contributed by atoms with Gasteiger partial charge in [0, 0.05) is 10.6 Å². The number of hydrogen-bond acceptors (Lipinski definition) is 1. The van der Waals surface area contributed by atoms with E-state index in [4.69, 9.17) is 23.2 Å². The molecule has 1 aromatic carbocycles. The van der Waals surface area contributed by atoms with Crippen LogP contribution in [0.5, 0.6) is 0 Å². The van der Waals surface area contributed by atoms with E-state index >= 15 is 0 Å². The van der Waals surface area contributed by atoms with Crippen LogP contribution < -0.4 is 0 Å². The third-order valence-corrected chi connectivity index (χ3v) is 3.53. The number of Topliss-reactive ketones (excluding diaryl/α,β-unsaturated/α-hetero) is 1. The smallest absolute Gasteiger partial charge is 0.178 e. The van der Waals surface area contributed by atoms with Crippen molar-refractivity contribution < 1.29 is 4.79 Å². The van der Waals surface area contributed by atoms with Crippen molar-refractivity contribution >= 4 is 44.9 Å². The molecule has 0 amide bonds. The van der Waals surface area contributed by atoms with Crippen LogP contribution >= 0.6 is 39.1 Å². The molecule has 0 radical (unpaired) electrons. The normalized spacial score (nSPS) is 20.5. The summed E-state index contributed by atoms with van der Waals surface area (Å²) in [5, 5.41) is 1.11. The molecular formula is C9H5BrCl2O. The van der Waals surface area contributed by atoms with Crippen LogP contribution in [0, 0.1) is 0 Å². The van der Waals surface area contributed by atoms with Gasteiger partial charge in [-0.2, -0.15) is 0 Å². The Kier molecular flexibility index (Phi) is 2.39. The third kappa shape index (κ3) is 1.41. The van der Waals surface area contributed by atoms with Gasteiger partial charge in [0.2, 0.25) is 0 Å². The van der Waals surface area contributed by atoms with E-state index in [1.54, 1.807) is 12.1 Å². The topological polar surface area (TPSA) is 17.1 Å². The number of carbonyl (C=O) groups excluding carboxylic acids is 1. The number of alkyl halides is 1. The van der Waals surface area contributed by atoms with E-state index in [1.807, 2.05) is 0 Å². The van der Waals surface area contributed by atoms with Gasteiger partial charge in [-0.05, 0) is 24.1 Å². The highest BCUT2D eigenvalue weighted by Gasteiger charge is 2.31. The van der Waals surface area contributed by atoms with E-state index in [0.717, 1.165) is 5.56 Å². The zero-order chi connectivity index (χ0) is 9.59. The second-order valence-corrected chi connectivity index (χ2v) is 4.84. The summed E-state index contributed by atoms with van der Waals surface area (Å²) in [4.78, 5) is 11.4. The number of hydrogen-bond donors (Lipinski definition) is 0. The van der Waals surface area contributed by atoms with Gasteiger partial charge >= 0.3 is 0 Å². The van der Waals surface area contributed by atoms with Gasteiger partial charge in [0.05, 0.1) is 9.85 Å². The molecule has 1 atom stereocenters. The molecule has 13 heavy (non-hydrogen) atoms. The van der Waals surface area contributed by atoms with Crippen molar-refractivity contribution in [1.82, 2.24) is 0 Å². The molecule has 1 aliphatic rings. The molecule has 0 aromatic heterocycles. The van der Waals surface area contributed by atoms with Gasteiger partial charge in [0.25, 0.3) is 0 Å². The first-order valence-corrected chi connectivity index (χ1v) is 5.43. The fourth-order valence-corrected chi connectivity index (χ4v) is 2.55. The van der Waals surface area contributed by atoms with Crippen LogP contribution in [0.3, 0.4) is 0 Å². The molecule has 1 unspecified atom stereocenters. The fourth-order valence-electron chi connectivity index (χ4n) is 1.49. The van der Waals surface area contributed by atoms with Crippen LogP contribution in [-0.2, 0) is 6.42 Å². The second kappa shape index (κ2) is 3.26. The van der Waals surface area contributed by atoms with Gasteiger partial charge in [-0.15, -0.1) is 0 Å². The Balaban J connectivity index is 2.68. The average Bonchev–Trinajstić information content (AvgIpc) is 2.38. The van der Waals surface area contributed by atoms with Crippen LogP contribution in [-0.4, -0.2) is 10.6 Å². The van der Waals surface area contributed by atoms with Crippen molar-refractivity contribution in [3.63, 3.8) is 0 Å². The molecule has 1 aromatic rings. The Morgan fingerprint density at radius 3 is 2.54 bits per heavy atom. The lowest BCUT2D eigenvalue weighted by molar-refractivity contribution is 0.100. The summed E-state index contributed by atoms with van der Waals surface area (Å²) >= 11 is 15.1. The molecule has 0 bridgehead atoms. The summed E-state index contributed by atoms with van der Waals surface area (Å²) in [6.07, 6.45) is 0.633. The van der Waals surface area contributed by atoms with Crippen molar-refractivity contribution in [1.29, 1.82) is 0 Å². The highest BCUT2D eigenvalue weighted by molar-refractivity contribution is 9.10. The quantitative estimate of drug-likeness (QED) is 0.665. The SMILES string of the molecule is O=C1c2c(Cl)ccc(Cl)c2CC1Br. The van der Waals surface area contributed by atoms with Crippen molar-refractivity contribution in [2.24, 2.45) is 0 Å². The number of benzene rings is 1. The molecular weight excluding hydrogens is 275 g/mol. The van der Waals surface area contributed by atoms with E-state index in [-0.39, 0.29) is 10.6 Å². The molecule has 0 heterocycles. The number of halogens is 3. The zero-order valence-corrected chi connectivity index (χ0v) is 9.58. The van der Waals surface area contributed by atoms with Crippen molar-refractivity contribution in [3.05, 3.63) is 33.3 Å². The highest BCUT2D eigenvalue weighted by Crippen LogP contribution is 2.36. The van der Waals surface area contributed by atoms with Gasteiger partial charge < -0.3 is 0 Å². The molecule has 0 aliphatic heterocycles. The van der Waals surface area contributed by atoms with E-state index in [1.165, 1.54) is 0 Å². The first-order chi connectivity index (χ1) is 6.11. The van der Waals surface area contributed by atoms with Crippen LogP contribution in [0.25, 0.3) is 0 Å². The number of ketones is 1. The van der Waals surface area contributed by atoms with E-state index in [9.17, 15) is 4.79 Å². The van der Waals surface area contributed by atoms with Crippen molar-refractivity contribution in [2.75, 3.05) is 0 Å². The first kappa shape index (κ1) is 9.50. The van der Waals surface area contributed by atoms with E-state index in [2.05, 4.69) is 15.9 Å². The summed E-state index contributed by atoms with van der Waals surface area (Å²) in [6, 6.07) is 3.38. The molecule has 0 saturated carbocycles. The summed E-state index contributed by atoms with van der Waals surface area (Å²) in [6.45, 7) is 0. The van der Waals surface area contributed by atoms with Crippen LogP contribution in [0.2, 0.25) is 10.0 Å². The van der Waals surface area contributed by atoms with Crippen LogP contribution in [0.4, 0.5) is 0 Å². The molecule has 1 aliphatic carbocycles. The Morgan fingerprint density at radius 1 is 1.31 bits per heavy atom. The summed E-state index contributed by atoms with van der Waals surface area (Å²) in [5.74, 6) is 0.0301. The monoisotopic (exact) mass is 278 g/mol. The Labute approximate surface area is 94.2 Å².